The van der Waals surface area contributed by atoms with Crippen molar-refractivity contribution in [2.24, 2.45) is 17.8 Å². The van der Waals surface area contributed by atoms with Crippen LogP contribution in [-0.2, 0) is 4.74 Å². The molecule has 0 saturated heterocycles. The van der Waals surface area contributed by atoms with Crippen molar-refractivity contribution < 1.29 is 9.13 Å². The maximum atomic E-state index is 12.8. The van der Waals surface area contributed by atoms with E-state index in [1.165, 1.54) is 83.1 Å². The molecule has 160 valence electrons. The van der Waals surface area contributed by atoms with Crippen LogP contribution in [0.3, 0.4) is 0 Å². The normalized spacial score (nSPS) is 28.8. The molecule has 28 heavy (non-hydrogen) atoms. The largest absolute Gasteiger partial charge is 0.378 e. The van der Waals surface area contributed by atoms with Gasteiger partial charge in [0.05, 0.1) is 6.10 Å². The zero-order valence-electron chi connectivity index (χ0n) is 18.1. The van der Waals surface area contributed by atoms with Crippen LogP contribution < -0.4 is 0 Å². The lowest BCUT2D eigenvalue weighted by molar-refractivity contribution is -0.0102. The summed E-state index contributed by atoms with van der Waals surface area (Å²) in [6, 6.07) is 1.55. The molecule has 0 spiro atoms. The summed E-state index contributed by atoms with van der Waals surface area (Å²) in [6.07, 6.45) is 22.3. The first-order valence-electron chi connectivity index (χ1n) is 12.1. The zero-order chi connectivity index (χ0) is 20.0. The van der Waals surface area contributed by atoms with Gasteiger partial charge in [0, 0.05) is 6.61 Å². The molecule has 2 aliphatic carbocycles. The van der Waals surface area contributed by atoms with Crippen LogP contribution in [0, 0.1) is 29.1 Å². The monoisotopic (exact) mass is 391 g/mol. The maximum absolute atomic E-state index is 12.8. The summed E-state index contributed by atoms with van der Waals surface area (Å²) in [5.74, 6) is 1.81. The van der Waals surface area contributed by atoms with Crippen molar-refractivity contribution in [3.8, 4) is 6.07 Å². The molecule has 0 unspecified atom stereocenters. The summed E-state index contributed by atoms with van der Waals surface area (Å²) in [5, 5.41) is 8.44. The number of allylic oxidation sites excluding steroid dienone is 2. The maximum Gasteiger partial charge on any atom is 0.196 e. The number of unbranched alkanes of at least 4 members (excludes halogenated alkanes) is 4. The standard InChI is InChI=1S/C25H42FNO/c1-2-3-4-5-6-8-21-11-13-23(14-12-21)20-28-25-17-15-22(16-18-25)9-7-10-24(26)19-27/h10,21-23,25H,2-9,11-18,20H2,1H3/b24-10-/t21-,22-,23-,25-. The lowest BCUT2D eigenvalue weighted by Crippen LogP contribution is -2.26. The Labute approximate surface area is 172 Å². The van der Waals surface area contributed by atoms with Crippen molar-refractivity contribution in [1.82, 2.24) is 0 Å². The van der Waals surface area contributed by atoms with Crippen LogP contribution in [0.25, 0.3) is 0 Å². The topological polar surface area (TPSA) is 33.0 Å². The fourth-order valence-electron chi connectivity index (χ4n) is 5.07. The number of hydrogen-bond donors (Lipinski definition) is 0. The summed E-state index contributed by atoms with van der Waals surface area (Å²) < 4.78 is 19.1. The highest BCUT2D eigenvalue weighted by atomic mass is 19.1. The summed E-state index contributed by atoms with van der Waals surface area (Å²) in [5.41, 5.74) is 0. The summed E-state index contributed by atoms with van der Waals surface area (Å²) in [6.45, 7) is 3.25. The van der Waals surface area contributed by atoms with Gasteiger partial charge in [-0.1, -0.05) is 58.3 Å². The molecule has 0 aromatic carbocycles. The van der Waals surface area contributed by atoms with Gasteiger partial charge >= 0.3 is 0 Å². The van der Waals surface area contributed by atoms with Gasteiger partial charge < -0.3 is 4.74 Å². The first-order valence-corrected chi connectivity index (χ1v) is 12.1. The second-order valence-electron chi connectivity index (χ2n) is 9.31. The molecule has 0 amide bonds. The number of nitrogens with zero attached hydrogens (tertiary/aromatic N) is 1. The molecule has 0 aromatic rings. The summed E-state index contributed by atoms with van der Waals surface area (Å²) in [4.78, 5) is 0. The predicted octanol–water partition coefficient (Wildman–Crippen LogP) is 7.89. The summed E-state index contributed by atoms with van der Waals surface area (Å²) >= 11 is 0. The molecule has 0 aliphatic heterocycles. The molecule has 0 atom stereocenters. The van der Waals surface area contributed by atoms with E-state index in [1.807, 2.05) is 0 Å². The van der Waals surface area contributed by atoms with Gasteiger partial charge in [-0.2, -0.15) is 9.65 Å². The van der Waals surface area contributed by atoms with E-state index in [0.717, 1.165) is 37.7 Å². The Morgan fingerprint density at radius 3 is 2.18 bits per heavy atom. The SMILES string of the molecule is CCCCCCC[C@H]1CC[C@H](CO[C@H]2CC[C@H](CC/C=C(\F)C#N)CC2)CC1. The van der Waals surface area contributed by atoms with Gasteiger partial charge in [0.2, 0.25) is 0 Å². The van der Waals surface area contributed by atoms with Gasteiger partial charge in [-0.15, -0.1) is 0 Å². The minimum atomic E-state index is -0.636. The zero-order valence-corrected chi connectivity index (χ0v) is 18.1. The smallest absolute Gasteiger partial charge is 0.196 e. The number of ether oxygens (including phenoxy) is 1. The van der Waals surface area contributed by atoms with Crippen molar-refractivity contribution in [1.29, 1.82) is 5.26 Å². The highest BCUT2D eigenvalue weighted by Crippen LogP contribution is 2.34. The van der Waals surface area contributed by atoms with E-state index in [1.54, 1.807) is 6.07 Å². The molecule has 0 bridgehead atoms. The van der Waals surface area contributed by atoms with Crippen LogP contribution in [0.1, 0.15) is 110 Å². The molecule has 2 aliphatic rings. The van der Waals surface area contributed by atoms with Gasteiger partial charge in [-0.05, 0) is 75.2 Å². The van der Waals surface area contributed by atoms with Crippen molar-refractivity contribution in [3.05, 3.63) is 11.9 Å². The Morgan fingerprint density at radius 2 is 1.50 bits per heavy atom. The van der Waals surface area contributed by atoms with Gasteiger partial charge in [0.25, 0.3) is 0 Å². The molecular formula is C25H42FNO. The van der Waals surface area contributed by atoms with E-state index in [0.29, 0.717) is 18.4 Å². The van der Waals surface area contributed by atoms with E-state index < -0.39 is 5.83 Å². The van der Waals surface area contributed by atoms with Crippen molar-refractivity contribution in [2.45, 2.75) is 116 Å². The molecule has 2 nitrogen and oxygen atoms in total. The van der Waals surface area contributed by atoms with E-state index in [9.17, 15) is 4.39 Å². The van der Waals surface area contributed by atoms with Crippen LogP contribution in [0.15, 0.2) is 11.9 Å². The van der Waals surface area contributed by atoms with Crippen molar-refractivity contribution in [3.63, 3.8) is 0 Å². The number of halogens is 1. The predicted molar refractivity (Wildman–Crippen MR) is 115 cm³/mol. The molecule has 2 fully saturated rings. The molecule has 2 rings (SSSR count). The average molecular weight is 392 g/mol. The first-order chi connectivity index (χ1) is 13.7. The molecule has 3 heteroatoms. The Morgan fingerprint density at radius 1 is 0.893 bits per heavy atom. The fraction of sp³-hybridized carbons (Fsp3) is 0.880. The minimum absolute atomic E-state index is 0.443. The average Bonchev–Trinajstić information content (AvgIpc) is 2.73. The molecule has 0 heterocycles. The van der Waals surface area contributed by atoms with E-state index in [2.05, 4.69) is 6.92 Å². The first kappa shape index (κ1) is 23.4. The van der Waals surface area contributed by atoms with Crippen molar-refractivity contribution >= 4 is 0 Å². The minimum Gasteiger partial charge on any atom is -0.378 e. The third-order valence-corrected chi connectivity index (χ3v) is 7.05. The van der Waals surface area contributed by atoms with Crippen LogP contribution >= 0.6 is 0 Å². The molecule has 2 saturated carbocycles. The quantitative estimate of drug-likeness (QED) is 0.250. The Bertz CT molecular complexity index is 467. The number of nitriles is 1. The second-order valence-corrected chi connectivity index (χ2v) is 9.31. The van der Waals surface area contributed by atoms with E-state index in [4.69, 9.17) is 10.00 Å². The molecule has 0 N–H and O–H groups in total. The highest BCUT2D eigenvalue weighted by molar-refractivity contribution is 5.11. The van der Waals surface area contributed by atoms with Crippen molar-refractivity contribution in [2.75, 3.05) is 6.61 Å². The third kappa shape index (κ3) is 9.55. The summed E-state index contributed by atoms with van der Waals surface area (Å²) in [7, 11) is 0. The molecule has 0 radical (unpaired) electrons. The Hall–Kier alpha value is -0.880. The number of rotatable bonds is 12. The van der Waals surface area contributed by atoms with Gasteiger partial charge in [0.1, 0.15) is 6.07 Å². The molecular weight excluding hydrogens is 349 g/mol. The van der Waals surface area contributed by atoms with Crippen LogP contribution in [-0.4, -0.2) is 12.7 Å². The van der Waals surface area contributed by atoms with Crippen LogP contribution in [0.4, 0.5) is 4.39 Å². The van der Waals surface area contributed by atoms with E-state index >= 15 is 0 Å². The fourth-order valence-corrected chi connectivity index (χ4v) is 5.07. The third-order valence-electron chi connectivity index (χ3n) is 7.05. The van der Waals surface area contributed by atoms with E-state index in [-0.39, 0.29) is 0 Å². The second kappa shape index (κ2) is 14.2. The highest BCUT2D eigenvalue weighted by Gasteiger charge is 2.25. The van der Waals surface area contributed by atoms with Gasteiger partial charge in [0.15, 0.2) is 5.83 Å². The van der Waals surface area contributed by atoms with Crippen LogP contribution in [0.2, 0.25) is 0 Å². The Kier molecular flexibility index (Phi) is 11.8. The lowest BCUT2D eigenvalue weighted by atomic mass is 9.80. The van der Waals surface area contributed by atoms with Crippen LogP contribution in [0.5, 0.6) is 0 Å². The Balaban J connectivity index is 1.49. The van der Waals surface area contributed by atoms with Gasteiger partial charge in [-0.25, -0.2) is 0 Å². The number of hydrogen-bond acceptors (Lipinski definition) is 2. The lowest BCUT2D eigenvalue weighted by Gasteiger charge is -2.32. The molecule has 0 aromatic heterocycles. The van der Waals surface area contributed by atoms with Gasteiger partial charge in [-0.3, -0.25) is 0 Å².